The van der Waals surface area contributed by atoms with Crippen molar-refractivity contribution in [3.63, 3.8) is 0 Å². The van der Waals surface area contributed by atoms with Gasteiger partial charge in [0, 0.05) is 5.56 Å². The highest BCUT2D eigenvalue weighted by atomic mass is 16.5. The lowest BCUT2D eigenvalue weighted by Gasteiger charge is -2.17. The van der Waals surface area contributed by atoms with Gasteiger partial charge in [-0.05, 0) is 37.6 Å². The Hall–Kier alpha value is -3.35. The number of aromatic amines is 1. The molecule has 140 valence electrons. The molecule has 27 heavy (non-hydrogen) atoms. The number of hydrogen-bond acceptors (Lipinski definition) is 5. The number of methoxy groups -OCH3 is 1. The monoisotopic (exact) mass is 367 g/mol. The third kappa shape index (κ3) is 3.76. The van der Waals surface area contributed by atoms with Gasteiger partial charge in [0.1, 0.15) is 0 Å². The molecule has 1 N–H and O–H groups in total. The minimum Gasteiger partial charge on any atom is -0.493 e. The van der Waals surface area contributed by atoms with Gasteiger partial charge in [0.05, 0.1) is 30.3 Å². The first-order valence-corrected chi connectivity index (χ1v) is 8.67. The minimum atomic E-state index is -0.609. The Balaban J connectivity index is 2.08. The smallest absolute Gasteiger partial charge is 0.349 e. The fraction of sp³-hybridized carbons (Fsp3) is 0.250. The highest BCUT2D eigenvalue weighted by Gasteiger charge is 2.13. The molecule has 0 spiro atoms. The highest BCUT2D eigenvalue weighted by Crippen LogP contribution is 2.31. The second kappa shape index (κ2) is 7.90. The highest BCUT2D eigenvalue weighted by molar-refractivity contribution is 5.85. The maximum atomic E-state index is 12.6. The maximum Gasteiger partial charge on any atom is 0.349 e. The van der Waals surface area contributed by atoms with Gasteiger partial charge in [-0.3, -0.25) is 4.79 Å². The minimum absolute atomic E-state index is 0.0276. The Morgan fingerprint density at radius 2 is 1.96 bits per heavy atom. The van der Waals surface area contributed by atoms with E-state index in [2.05, 4.69) is 10.1 Å². The van der Waals surface area contributed by atoms with Crippen molar-refractivity contribution in [3.8, 4) is 11.5 Å². The van der Waals surface area contributed by atoms with Gasteiger partial charge in [-0.1, -0.05) is 25.1 Å². The number of aromatic nitrogens is 2. The number of hydrogen-bond donors (Lipinski definition) is 1. The summed E-state index contributed by atoms with van der Waals surface area (Å²) >= 11 is 0. The molecular formula is C20H21N3O4. The van der Waals surface area contributed by atoms with E-state index in [1.807, 2.05) is 13.8 Å². The topological polar surface area (TPSA) is 85.7 Å². The summed E-state index contributed by atoms with van der Waals surface area (Å²) in [5.41, 5.74) is -0.0182. The molecule has 0 saturated carbocycles. The van der Waals surface area contributed by atoms with Gasteiger partial charge < -0.3 is 14.5 Å². The second-order valence-corrected chi connectivity index (χ2v) is 6.05. The van der Waals surface area contributed by atoms with Crippen LogP contribution < -0.4 is 20.7 Å². The van der Waals surface area contributed by atoms with Crippen LogP contribution in [0.25, 0.3) is 10.9 Å². The number of benzene rings is 2. The Morgan fingerprint density at radius 1 is 1.19 bits per heavy atom. The van der Waals surface area contributed by atoms with Crippen LogP contribution in [0.2, 0.25) is 0 Å². The molecule has 1 unspecified atom stereocenters. The molecule has 3 rings (SSSR count). The summed E-state index contributed by atoms with van der Waals surface area (Å²) < 4.78 is 12.1. The summed E-state index contributed by atoms with van der Waals surface area (Å²) in [4.78, 5) is 27.5. The third-order valence-electron chi connectivity index (χ3n) is 4.22. The fourth-order valence-corrected chi connectivity index (χ4v) is 2.58. The Bertz CT molecular complexity index is 1100. The first kappa shape index (κ1) is 18.4. The Kier molecular flexibility index (Phi) is 5.40. The number of para-hydroxylation sites is 2. The number of nitrogens with zero attached hydrogens (tertiary/aromatic N) is 2. The zero-order valence-corrected chi connectivity index (χ0v) is 15.4. The zero-order chi connectivity index (χ0) is 19.4. The molecule has 0 fully saturated rings. The van der Waals surface area contributed by atoms with Crippen LogP contribution in [-0.2, 0) is 0 Å². The van der Waals surface area contributed by atoms with E-state index in [0.29, 0.717) is 28.0 Å². The van der Waals surface area contributed by atoms with Crippen molar-refractivity contribution in [2.24, 2.45) is 5.10 Å². The summed E-state index contributed by atoms with van der Waals surface area (Å²) in [7, 11) is 1.55. The number of fused-ring (bicyclic) bond motifs is 1. The van der Waals surface area contributed by atoms with Gasteiger partial charge in [-0.15, -0.1) is 4.68 Å². The first-order valence-electron chi connectivity index (χ1n) is 8.67. The maximum absolute atomic E-state index is 12.6. The quantitative estimate of drug-likeness (QED) is 0.679. The molecule has 7 nitrogen and oxygen atoms in total. The van der Waals surface area contributed by atoms with Gasteiger partial charge in [0.15, 0.2) is 11.5 Å². The molecule has 0 aliphatic heterocycles. The molecule has 0 aliphatic carbocycles. The SMILES string of the molecule is CCC(C)Oc1c(C=Nn2c(=O)[nH]c3ccccc3c2=O)cccc1OC. The van der Waals surface area contributed by atoms with Crippen LogP contribution in [-0.4, -0.2) is 29.1 Å². The molecule has 1 atom stereocenters. The zero-order valence-electron chi connectivity index (χ0n) is 15.4. The summed E-state index contributed by atoms with van der Waals surface area (Å²) in [5, 5.41) is 4.48. The van der Waals surface area contributed by atoms with Crippen molar-refractivity contribution in [3.05, 3.63) is 68.9 Å². The van der Waals surface area contributed by atoms with E-state index in [-0.39, 0.29) is 6.10 Å². The standard InChI is InChI=1S/C20H21N3O4/c1-4-13(2)27-18-14(8-7-11-17(18)26-3)12-21-23-19(24)15-9-5-6-10-16(15)22-20(23)25/h5-13H,4H2,1-3H3,(H,22,25). The van der Waals surface area contributed by atoms with Crippen LogP contribution in [0.15, 0.2) is 57.2 Å². The molecule has 0 saturated heterocycles. The van der Waals surface area contributed by atoms with Gasteiger partial charge >= 0.3 is 5.69 Å². The van der Waals surface area contributed by atoms with E-state index < -0.39 is 11.2 Å². The van der Waals surface area contributed by atoms with Crippen molar-refractivity contribution >= 4 is 17.1 Å². The number of H-pyrrole nitrogens is 1. The van der Waals surface area contributed by atoms with Crippen LogP contribution in [0.5, 0.6) is 11.5 Å². The second-order valence-electron chi connectivity index (χ2n) is 6.05. The number of rotatable bonds is 6. The van der Waals surface area contributed by atoms with Crippen LogP contribution in [0.1, 0.15) is 25.8 Å². The fourth-order valence-electron chi connectivity index (χ4n) is 2.58. The van der Waals surface area contributed by atoms with Crippen LogP contribution in [0, 0.1) is 0 Å². The van der Waals surface area contributed by atoms with Crippen LogP contribution in [0.3, 0.4) is 0 Å². The summed E-state index contributed by atoms with van der Waals surface area (Å²) in [5.74, 6) is 1.07. The predicted molar refractivity (Wildman–Crippen MR) is 105 cm³/mol. The van der Waals surface area contributed by atoms with E-state index in [4.69, 9.17) is 9.47 Å². The summed E-state index contributed by atoms with van der Waals surface area (Å²) in [6.45, 7) is 3.97. The van der Waals surface area contributed by atoms with E-state index in [9.17, 15) is 9.59 Å². The largest absolute Gasteiger partial charge is 0.493 e. The van der Waals surface area contributed by atoms with Gasteiger partial charge in [-0.2, -0.15) is 5.10 Å². The lowest BCUT2D eigenvalue weighted by Crippen LogP contribution is -2.32. The van der Waals surface area contributed by atoms with Crippen molar-refractivity contribution in [1.29, 1.82) is 0 Å². The van der Waals surface area contributed by atoms with E-state index in [1.165, 1.54) is 6.21 Å². The van der Waals surface area contributed by atoms with E-state index in [1.54, 1.807) is 49.6 Å². The average molecular weight is 367 g/mol. The molecule has 7 heteroatoms. The number of nitrogens with one attached hydrogen (secondary N) is 1. The van der Waals surface area contributed by atoms with Gasteiger partial charge in [0.2, 0.25) is 0 Å². The van der Waals surface area contributed by atoms with E-state index >= 15 is 0 Å². The predicted octanol–water partition coefficient (Wildman–Crippen LogP) is 2.76. The van der Waals surface area contributed by atoms with Crippen molar-refractivity contribution < 1.29 is 9.47 Å². The lowest BCUT2D eigenvalue weighted by molar-refractivity contribution is 0.207. The third-order valence-corrected chi connectivity index (χ3v) is 4.22. The normalized spacial score (nSPS) is 12.4. The lowest BCUT2D eigenvalue weighted by atomic mass is 10.2. The number of ether oxygens (including phenoxy) is 2. The van der Waals surface area contributed by atoms with Crippen molar-refractivity contribution in [2.75, 3.05) is 7.11 Å². The molecule has 0 aliphatic rings. The van der Waals surface area contributed by atoms with E-state index in [0.717, 1.165) is 11.1 Å². The van der Waals surface area contributed by atoms with Crippen molar-refractivity contribution in [1.82, 2.24) is 9.66 Å². The molecule has 0 amide bonds. The van der Waals surface area contributed by atoms with Crippen LogP contribution in [0.4, 0.5) is 0 Å². The molecule has 2 aromatic carbocycles. The molecule has 0 bridgehead atoms. The molecule has 1 aromatic heterocycles. The molecule has 0 radical (unpaired) electrons. The van der Waals surface area contributed by atoms with Crippen molar-refractivity contribution in [2.45, 2.75) is 26.4 Å². The van der Waals surface area contributed by atoms with Crippen LogP contribution >= 0.6 is 0 Å². The first-order chi connectivity index (χ1) is 13.0. The molecule has 3 aromatic rings. The van der Waals surface area contributed by atoms with Gasteiger partial charge in [-0.25, -0.2) is 4.79 Å². The molecular weight excluding hydrogens is 346 g/mol. The summed E-state index contributed by atoms with van der Waals surface area (Å²) in [6, 6.07) is 12.1. The average Bonchev–Trinajstić information content (AvgIpc) is 2.68. The Morgan fingerprint density at radius 3 is 2.70 bits per heavy atom. The molecule has 1 heterocycles. The van der Waals surface area contributed by atoms with Gasteiger partial charge in [0.25, 0.3) is 5.56 Å². The Labute approximate surface area is 155 Å². The summed E-state index contributed by atoms with van der Waals surface area (Å²) in [6.07, 6.45) is 2.21.